The maximum absolute atomic E-state index is 2.32. The Morgan fingerprint density at radius 2 is 2.12 bits per heavy atom. The molecule has 0 saturated carbocycles. The molecule has 1 fully saturated rings. The Balaban J connectivity index is 2.23. The average molecular weight is 148 g/mol. The van der Waals surface area contributed by atoms with Gasteiger partial charge in [0.15, 0.2) is 0 Å². The maximum atomic E-state index is 2.32. The number of rotatable bonds is 0. The molecule has 1 saturated heterocycles. The van der Waals surface area contributed by atoms with E-state index in [0.29, 0.717) is 0 Å². The molecule has 0 amide bonds. The Morgan fingerprint density at radius 3 is 2.50 bits per heavy atom. The van der Waals surface area contributed by atoms with Crippen LogP contribution in [0.1, 0.15) is 20.3 Å². The molecule has 0 spiro atoms. The first-order chi connectivity index (χ1) is 3.79. The third-order valence-corrected chi connectivity index (χ3v) is 4.07. The zero-order valence-electron chi connectivity index (χ0n) is 5.39. The highest BCUT2D eigenvalue weighted by Crippen LogP contribution is 2.34. The molecule has 1 heterocycles. The summed E-state index contributed by atoms with van der Waals surface area (Å²) in [7, 11) is 0. The molecule has 0 N–H and O–H groups in total. The van der Waals surface area contributed by atoms with Crippen LogP contribution in [0.25, 0.3) is 0 Å². The first-order valence-electron chi connectivity index (χ1n) is 3.06. The lowest BCUT2D eigenvalue weighted by molar-refractivity contribution is 0.904. The van der Waals surface area contributed by atoms with E-state index in [1.807, 2.05) is 0 Å². The minimum absolute atomic E-state index is 0.846. The molecule has 0 bridgehead atoms. The second kappa shape index (κ2) is 3.02. The van der Waals surface area contributed by atoms with Gasteiger partial charge in [-0.2, -0.15) is 0 Å². The van der Waals surface area contributed by atoms with Crippen LogP contribution in [0.15, 0.2) is 0 Å². The van der Waals surface area contributed by atoms with Gasteiger partial charge in [0.25, 0.3) is 0 Å². The van der Waals surface area contributed by atoms with Gasteiger partial charge in [-0.3, -0.25) is 0 Å². The Kier molecular flexibility index (Phi) is 2.57. The fourth-order valence-electron chi connectivity index (χ4n) is 0.834. The molecule has 0 aromatic carbocycles. The standard InChI is InChI=1S/C6H12S2/c1-5-3-4-7-6(2)8-5/h5-6H,3-4H2,1-2H3/t5-,6+/m0/s1. The van der Waals surface area contributed by atoms with Gasteiger partial charge in [-0.15, -0.1) is 23.5 Å². The summed E-state index contributed by atoms with van der Waals surface area (Å²) in [4.78, 5) is 0. The Hall–Kier alpha value is 0.700. The first-order valence-corrected chi connectivity index (χ1v) is 5.05. The van der Waals surface area contributed by atoms with Gasteiger partial charge in [-0.1, -0.05) is 6.92 Å². The van der Waals surface area contributed by atoms with Crippen molar-refractivity contribution in [1.82, 2.24) is 0 Å². The Labute approximate surface area is 59.8 Å². The zero-order valence-corrected chi connectivity index (χ0v) is 7.02. The Morgan fingerprint density at radius 1 is 1.38 bits per heavy atom. The summed E-state index contributed by atoms with van der Waals surface area (Å²) in [6.07, 6.45) is 1.40. The quantitative estimate of drug-likeness (QED) is 0.518. The predicted octanol–water partition coefficient (Wildman–Crippen LogP) is 2.59. The maximum Gasteiger partial charge on any atom is 0.0477 e. The van der Waals surface area contributed by atoms with Crippen LogP contribution >= 0.6 is 23.5 Å². The predicted molar refractivity (Wildman–Crippen MR) is 43.6 cm³/mol. The summed E-state index contributed by atoms with van der Waals surface area (Å²) in [6.45, 7) is 4.62. The van der Waals surface area contributed by atoms with Crippen molar-refractivity contribution in [2.24, 2.45) is 0 Å². The molecule has 8 heavy (non-hydrogen) atoms. The highest BCUT2D eigenvalue weighted by Gasteiger charge is 2.14. The van der Waals surface area contributed by atoms with E-state index < -0.39 is 0 Å². The van der Waals surface area contributed by atoms with Gasteiger partial charge >= 0.3 is 0 Å². The molecule has 0 aromatic heterocycles. The highest BCUT2D eigenvalue weighted by atomic mass is 32.2. The molecule has 0 radical (unpaired) electrons. The largest absolute Gasteiger partial charge is 0.148 e. The van der Waals surface area contributed by atoms with Gasteiger partial charge in [0.2, 0.25) is 0 Å². The van der Waals surface area contributed by atoms with Gasteiger partial charge in [0.1, 0.15) is 0 Å². The summed E-state index contributed by atoms with van der Waals surface area (Å²) in [5.41, 5.74) is 0. The fourth-order valence-corrected chi connectivity index (χ4v) is 3.89. The van der Waals surface area contributed by atoms with Crippen molar-refractivity contribution in [3.63, 3.8) is 0 Å². The van der Waals surface area contributed by atoms with Crippen LogP contribution in [0.4, 0.5) is 0 Å². The van der Waals surface area contributed by atoms with E-state index in [2.05, 4.69) is 37.4 Å². The van der Waals surface area contributed by atoms with Crippen LogP contribution in [-0.4, -0.2) is 15.6 Å². The molecular formula is C6H12S2. The smallest absolute Gasteiger partial charge is 0.0477 e. The van der Waals surface area contributed by atoms with E-state index in [1.165, 1.54) is 12.2 Å². The van der Waals surface area contributed by atoms with E-state index >= 15 is 0 Å². The van der Waals surface area contributed by atoms with Crippen molar-refractivity contribution in [2.75, 3.05) is 5.75 Å². The Bertz CT molecular complexity index is 64.9. The molecular weight excluding hydrogens is 136 g/mol. The summed E-state index contributed by atoms with van der Waals surface area (Å²) in [6, 6.07) is 0. The minimum Gasteiger partial charge on any atom is -0.148 e. The summed E-state index contributed by atoms with van der Waals surface area (Å²) < 4.78 is 0.846. The van der Waals surface area contributed by atoms with Crippen molar-refractivity contribution in [1.29, 1.82) is 0 Å². The first kappa shape index (κ1) is 6.81. The van der Waals surface area contributed by atoms with Crippen molar-refractivity contribution in [3.8, 4) is 0 Å². The van der Waals surface area contributed by atoms with E-state index in [-0.39, 0.29) is 0 Å². The monoisotopic (exact) mass is 148 g/mol. The number of hydrogen-bond donors (Lipinski definition) is 0. The van der Waals surface area contributed by atoms with E-state index in [9.17, 15) is 0 Å². The van der Waals surface area contributed by atoms with Crippen LogP contribution in [-0.2, 0) is 0 Å². The van der Waals surface area contributed by atoms with Gasteiger partial charge in [-0.25, -0.2) is 0 Å². The van der Waals surface area contributed by atoms with Gasteiger partial charge < -0.3 is 0 Å². The third kappa shape index (κ3) is 1.90. The van der Waals surface area contributed by atoms with Crippen LogP contribution in [0, 0.1) is 0 Å². The average Bonchev–Trinajstić information content (AvgIpc) is 1.64. The zero-order chi connectivity index (χ0) is 5.98. The second-order valence-corrected chi connectivity index (χ2v) is 5.70. The SMILES string of the molecule is C[C@@H]1SCC[C@H](C)S1. The summed E-state index contributed by atoms with van der Waals surface area (Å²) in [5, 5.41) is 0.909. The second-order valence-electron chi connectivity index (χ2n) is 2.17. The van der Waals surface area contributed by atoms with Gasteiger partial charge in [-0.05, 0) is 19.1 Å². The molecule has 2 atom stereocenters. The molecule has 0 aliphatic carbocycles. The van der Waals surface area contributed by atoms with Gasteiger partial charge in [0.05, 0.1) is 0 Å². The molecule has 1 aliphatic rings. The molecule has 0 aromatic rings. The van der Waals surface area contributed by atoms with Crippen LogP contribution in [0.5, 0.6) is 0 Å². The minimum atomic E-state index is 0.846. The lowest BCUT2D eigenvalue weighted by atomic mass is 10.4. The number of hydrogen-bond acceptors (Lipinski definition) is 2. The van der Waals surface area contributed by atoms with Crippen LogP contribution in [0.2, 0.25) is 0 Å². The lowest BCUT2D eigenvalue weighted by Gasteiger charge is -2.22. The molecule has 1 rings (SSSR count). The molecule has 1 aliphatic heterocycles. The van der Waals surface area contributed by atoms with Crippen molar-refractivity contribution >= 4 is 23.5 Å². The number of thioether (sulfide) groups is 2. The van der Waals surface area contributed by atoms with Gasteiger partial charge in [0, 0.05) is 9.83 Å². The molecule has 0 nitrogen and oxygen atoms in total. The highest BCUT2D eigenvalue weighted by molar-refractivity contribution is 8.17. The van der Waals surface area contributed by atoms with E-state index in [0.717, 1.165) is 9.83 Å². The van der Waals surface area contributed by atoms with E-state index in [4.69, 9.17) is 0 Å². The third-order valence-electron chi connectivity index (χ3n) is 1.30. The van der Waals surface area contributed by atoms with E-state index in [1.54, 1.807) is 0 Å². The molecule has 0 unspecified atom stereocenters. The van der Waals surface area contributed by atoms with Crippen molar-refractivity contribution < 1.29 is 0 Å². The summed E-state index contributed by atoms with van der Waals surface area (Å²) in [5.74, 6) is 1.37. The lowest BCUT2D eigenvalue weighted by Crippen LogP contribution is -2.09. The van der Waals surface area contributed by atoms with Crippen molar-refractivity contribution in [2.45, 2.75) is 30.1 Å². The van der Waals surface area contributed by atoms with Crippen LogP contribution < -0.4 is 0 Å². The van der Waals surface area contributed by atoms with Crippen molar-refractivity contribution in [3.05, 3.63) is 0 Å². The normalized spacial score (nSPS) is 39.8. The van der Waals surface area contributed by atoms with Crippen LogP contribution in [0.3, 0.4) is 0 Å². The summed E-state index contributed by atoms with van der Waals surface area (Å²) >= 11 is 4.19. The molecule has 2 heteroatoms. The topological polar surface area (TPSA) is 0 Å². The fraction of sp³-hybridized carbons (Fsp3) is 1.00. The molecule has 48 valence electrons.